The van der Waals surface area contributed by atoms with E-state index in [1.807, 2.05) is 5.38 Å². The summed E-state index contributed by atoms with van der Waals surface area (Å²) in [5.41, 5.74) is 0.00702. The summed E-state index contributed by atoms with van der Waals surface area (Å²) in [6, 6.07) is 2.36. The molecule has 4 atom stereocenters. The third kappa shape index (κ3) is 4.18. The highest BCUT2D eigenvalue weighted by atomic mass is 35.5. The number of rotatable bonds is 3. The molecule has 1 amide bonds. The normalized spacial score (nSPS) is 28.7. The zero-order valence-corrected chi connectivity index (χ0v) is 18.5. The molecule has 3 aliphatic heterocycles. The van der Waals surface area contributed by atoms with E-state index >= 15 is 0 Å². The molecule has 2 aromatic heterocycles. The van der Waals surface area contributed by atoms with Gasteiger partial charge in [-0.1, -0.05) is 6.42 Å². The summed E-state index contributed by atoms with van der Waals surface area (Å²) in [7, 11) is 0. The van der Waals surface area contributed by atoms with Crippen molar-refractivity contribution in [2.75, 3.05) is 26.2 Å². The lowest BCUT2D eigenvalue weighted by Gasteiger charge is -2.55. The van der Waals surface area contributed by atoms with Crippen LogP contribution in [0.3, 0.4) is 0 Å². The molecule has 160 valence electrons. The quantitative estimate of drug-likeness (QED) is 0.731. The minimum atomic E-state index is -0.365. The average molecular weight is 460 g/mol. The minimum absolute atomic E-state index is 0. The first-order chi connectivity index (χ1) is 13.2. The molecule has 0 saturated carbocycles. The Labute approximate surface area is 186 Å². The summed E-state index contributed by atoms with van der Waals surface area (Å²) < 4.78 is 1.70. The molecule has 0 aromatic carbocycles. The second kappa shape index (κ2) is 9.31. The lowest BCUT2D eigenvalue weighted by Crippen LogP contribution is -2.65. The highest BCUT2D eigenvalue weighted by molar-refractivity contribution is 7.15. The van der Waals surface area contributed by atoms with E-state index in [-0.39, 0.29) is 36.3 Å². The third-order valence-electron chi connectivity index (χ3n) is 6.54. The van der Waals surface area contributed by atoms with Crippen LogP contribution in [0.5, 0.6) is 0 Å². The molecule has 0 radical (unpaired) electrons. The second-order valence-corrected chi connectivity index (χ2v) is 8.90. The van der Waals surface area contributed by atoms with Gasteiger partial charge in [-0.25, -0.2) is 0 Å². The monoisotopic (exact) mass is 459 g/mol. The van der Waals surface area contributed by atoms with Gasteiger partial charge < -0.3 is 10.6 Å². The number of piperidine rings is 3. The lowest BCUT2D eigenvalue weighted by atomic mass is 9.73. The van der Waals surface area contributed by atoms with Gasteiger partial charge >= 0.3 is 0 Å². The van der Waals surface area contributed by atoms with Crippen molar-refractivity contribution < 1.29 is 4.79 Å². The third-order valence-corrected chi connectivity index (χ3v) is 7.30. The number of hydrogen-bond acceptors (Lipinski definition) is 6. The molecule has 3 saturated heterocycles. The number of thiazole rings is 1. The van der Waals surface area contributed by atoms with Crippen molar-refractivity contribution in [3.63, 3.8) is 0 Å². The Kier molecular flexibility index (Phi) is 7.22. The predicted octanol–water partition coefficient (Wildman–Crippen LogP) is 1.79. The van der Waals surface area contributed by atoms with Crippen molar-refractivity contribution in [2.45, 2.75) is 37.8 Å². The van der Waals surface area contributed by atoms with Crippen LogP contribution in [0.15, 0.2) is 22.4 Å². The number of hydrogen-bond donors (Lipinski definition) is 2. The molecule has 29 heavy (non-hydrogen) atoms. The van der Waals surface area contributed by atoms with Crippen molar-refractivity contribution in [1.29, 1.82) is 0 Å². The summed E-state index contributed by atoms with van der Waals surface area (Å²) in [5, 5.41) is 8.57. The van der Waals surface area contributed by atoms with Gasteiger partial charge in [-0.2, -0.15) is 4.98 Å². The molecule has 0 spiro atoms. The summed E-state index contributed by atoms with van der Waals surface area (Å²) in [6.45, 7) is 3.94. The maximum Gasteiger partial charge on any atom is 0.274 e. The zero-order valence-electron chi connectivity index (χ0n) is 16.1. The van der Waals surface area contributed by atoms with Gasteiger partial charge in [0.25, 0.3) is 11.5 Å². The number of carbonyl (C=O) groups is 1. The zero-order chi connectivity index (χ0) is 18.4. The Morgan fingerprint density at radius 2 is 2.10 bits per heavy atom. The molecule has 3 aliphatic rings. The Morgan fingerprint density at radius 1 is 1.28 bits per heavy atom. The van der Waals surface area contributed by atoms with E-state index < -0.39 is 0 Å². The van der Waals surface area contributed by atoms with Crippen molar-refractivity contribution in [3.8, 4) is 0 Å². The smallest absolute Gasteiger partial charge is 0.274 e. The Hall–Kier alpha value is -1.19. The predicted molar refractivity (Wildman–Crippen MR) is 119 cm³/mol. The van der Waals surface area contributed by atoms with Crippen LogP contribution in [0, 0.1) is 11.8 Å². The van der Waals surface area contributed by atoms with Gasteiger partial charge in [0.05, 0.1) is 0 Å². The van der Waals surface area contributed by atoms with E-state index in [0.717, 1.165) is 25.6 Å². The molecular weight excluding hydrogens is 433 g/mol. The fourth-order valence-corrected chi connectivity index (χ4v) is 6.08. The van der Waals surface area contributed by atoms with Crippen LogP contribution in [-0.4, -0.2) is 58.5 Å². The second-order valence-electron chi connectivity index (χ2n) is 8.03. The lowest BCUT2D eigenvalue weighted by molar-refractivity contribution is -0.0371. The number of fused-ring (bicyclic) bond motifs is 5. The summed E-state index contributed by atoms with van der Waals surface area (Å²) in [6.07, 6.45) is 6.90. The Balaban J connectivity index is 0.00000120. The summed E-state index contributed by atoms with van der Waals surface area (Å²) in [5.74, 6) is 1.14. The molecule has 10 heteroatoms. The highest BCUT2D eigenvalue weighted by Gasteiger charge is 2.45. The number of nitrogens with one attached hydrogen (secondary N) is 2. The van der Waals surface area contributed by atoms with E-state index in [1.165, 1.54) is 43.1 Å². The molecule has 0 aliphatic carbocycles. The van der Waals surface area contributed by atoms with Crippen LogP contribution in [0.4, 0.5) is 0 Å². The first-order valence-electron chi connectivity index (χ1n) is 9.92. The number of amides is 1. The number of aromatic nitrogens is 2. The Morgan fingerprint density at radius 3 is 2.97 bits per heavy atom. The van der Waals surface area contributed by atoms with Gasteiger partial charge in [0, 0.05) is 36.3 Å². The SMILES string of the molecule is Cl.Cl.O=C(NC[C@H]1[C@@H]2CNC[C@@H](C2)[C@@H]2CCCCN21)c1cc(=O)nc2sccn12. The van der Waals surface area contributed by atoms with E-state index in [2.05, 4.69) is 20.5 Å². The van der Waals surface area contributed by atoms with E-state index in [0.29, 0.717) is 35.2 Å². The topological polar surface area (TPSA) is 78.7 Å². The molecule has 2 aromatic rings. The molecule has 5 rings (SSSR count). The van der Waals surface area contributed by atoms with Crippen molar-refractivity contribution >= 4 is 47.0 Å². The number of nitrogens with zero attached hydrogens (tertiary/aromatic N) is 3. The van der Waals surface area contributed by atoms with Crippen LogP contribution >= 0.6 is 36.2 Å². The highest BCUT2D eigenvalue weighted by Crippen LogP contribution is 2.38. The average Bonchev–Trinajstić information content (AvgIpc) is 3.15. The van der Waals surface area contributed by atoms with Gasteiger partial charge in [-0.15, -0.1) is 36.2 Å². The largest absolute Gasteiger partial charge is 0.349 e. The molecule has 3 fully saturated rings. The maximum absolute atomic E-state index is 12.9. The molecule has 7 nitrogen and oxygen atoms in total. The van der Waals surface area contributed by atoms with Gasteiger partial charge in [0.1, 0.15) is 5.69 Å². The fraction of sp³-hybridized carbons (Fsp3) is 0.632. The van der Waals surface area contributed by atoms with Gasteiger partial charge in [0.15, 0.2) is 4.96 Å². The molecule has 2 N–H and O–H groups in total. The maximum atomic E-state index is 12.9. The van der Waals surface area contributed by atoms with Crippen molar-refractivity contribution in [1.82, 2.24) is 24.9 Å². The van der Waals surface area contributed by atoms with Crippen LogP contribution in [0.1, 0.15) is 36.2 Å². The molecular formula is C19H27Cl2N5O2S. The minimum Gasteiger partial charge on any atom is -0.349 e. The molecule has 2 bridgehead atoms. The number of halogens is 2. The van der Waals surface area contributed by atoms with Crippen LogP contribution in [0.2, 0.25) is 0 Å². The van der Waals surface area contributed by atoms with E-state index in [9.17, 15) is 9.59 Å². The fourth-order valence-electron chi connectivity index (χ4n) is 5.36. The summed E-state index contributed by atoms with van der Waals surface area (Å²) >= 11 is 1.36. The van der Waals surface area contributed by atoms with Gasteiger partial charge in [0.2, 0.25) is 0 Å². The van der Waals surface area contributed by atoms with Crippen LogP contribution < -0.4 is 16.2 Å². The molecule has 0 unspecified atom stereocenters. The first kappa shape index (κ1) is 22.5. The van der Waals surface area contributed by atoms with E-state index in [1.54, 1.807) is 10.6 Å². The van der Waals surface area contributed by atoms with Crippen molar-refractivity contribution in [2.24, 2.45) is 11.8 Å². The summed E-state index contributed by atoms with van der Waals surface area (Å²) in [4.78, 5) is 31.9. The van der Waals surface area contributed by atoms with Gasteiger partial charge in [-0.05, 0) is 50.7 Å². The van der Waals surface area contributed by atoms with Crippen LogP contribution in [-0.2, 0) is 0 Å². The van der Waals surface area contributed by atoms with Crippen LogP contribution in [0.25, 0.3) is 4.96 Å². The number of carbonyl (C=O) groups excluding carboxylic acids is 1. The standard InChI is InChI=1S/C19H25N5O2S.2ClH/c25-17-8-15(24-5-6-27-19(24)22-17)18(26)21-11-16-13-7-12(9-20-10-13)14-3-1-2-4-23(14)16;;/h5-6,8,12-14,16,20H,1-4,7,9-11H2,(H,21,26);2*1H/t12-,13+,14+,16+;;/m1../s1. The van der Waals surface area contributed by atoms with E-state index in [4.69, 9.17) is 0 Å². The Bertz CT molecular complexity index is 919. The van der Waals surface area contributed by atoms with Crippen molar-refractivity contribution in [3.05, 3.63) is 33.7 Å². The van der Waals surface area contributed by atoms with Gasteiger partial charge in [-0.3, -0.25) is 18.9 Å². The first-order valence-corrected chi connectivity index (χ1v) is 10.8. The molecule has 5 heterocycles.